The zero-order valence-electron chi connectivity index (χ0n) is 15.3. The highest BCUT2D eigenvalue weighted by atomic mass is 16.2. The van der Waals surface area contributed by atoms with Crippen LogP contribution in [0.3, 0.4) is 0 Å². The van der Waals surface area contributed by atoms with Gasteiger partial charge < -0.3 is 10.2 Å². The van der Waals surface area contributed by atoms with Crippen LogP contribution in [-0.2, 0) is 6.42 Å². The van der Waals surface area contributed by atoms with Gasteiger partial charge in [-0.25, -0.2) is 0 Å². The number of aryl methyl sites for hydroxylation is 1. The Balaban J connectivity index is 1.67. The molecule has 0 aromatic heterocycles. The Kier molecular flexibility index (Phi) is 4.27. The number of hydrogen-bond donors (Lipinski definition) is 1. The van der Waals surface area contributed by atoms with Gasteiger partial charge in [0, 0.05) is 30.3 Å². The second kappa shape index (κ2) is 6.60. The highest BCUT2D eigenvalue weighted by Crippen LogP contribution is 2.29. The Morgan fingerprint density at radius 1 is 1.15 bits per heavy atom. The van der Waals surface area contributed by atoms with Gasteiger partial charge in [-0.15, -0.1) is 0 Å². The lowest BCUT2D eigenvalue weighted by molar-refractivity contribution is 0.0749. The Morgan fingerprint density at radius 3 is 2.69 bits per heavy atom. The number of nitrogens with zero attached hydrogens (tertiary/aromatic N) is 1. The van der Waals surface area contributed by atoms with Gasteiger partial charge in [0.1, 0.15) is 0 Å². The molecule has 0 radical (unpaired) electrons. The number of hydrogen-bond acceptors (Lipinski definition) is 2. The summed E-state index contributed by atoms with van der Waals surface area (Å²) in [5.41, 5.74) is 5.86. The van der Waals surface area contributed by atoms with Gasteiger partial charge in [0.15, 0.2) is 0 Å². The van der Waals surface area contributed by atoms with E-state index in [0.29, 0.717) is 11.6 Å². The number of amides is 2. The molecule has 1 N–H and O–H groups in total. The summed E-state index contributed by atoms with van der Waals surface area (Å²) >= 11 is 0. The van der Waals surface area contributed by atoms with Crippen LogP contribution in [0.5, 0.6) is 0 Å². The Labute approximate surface area is 154 Å². The fourth-order valence-electron chi connectivity index (χ4n) is 3.58. The van der Waals surface area contributed by atoms with Gasteiger partial charge in [0.05, 0.1) is 0 Å². The normalized spacial score (nSPS) is 16.4. The smallest absolute Gasteiger partial charge is 0.254 e. The van der Waals surface area contributed by atoms with Crippen molar-refractivity contribution in [3.05, 3.63) is 58.7 Å². The average Bonchev–Trinajstić information content (AvgIpc) is 3.46. The van der Waals surface area contributed by atoms with Crippen LogP contribution in [0.2, 0.25) is 0 Å². The average molecular weight is 348 g/mol. The Bertz CT molecular complexity index is 884. The van der Waals surface area contributed by atoms with Gasteiger partial charge in [-0.1, -0.05) is 18.2 Å². The molecule has 2 aromatic carbocycles. The lowest BCUT2D eigenvalue weighted by Gasteiger charge is -2.27. The quantitative estimate of drug-likeness (QED) is 0.918. The molecule has 26 heavy (non-hydrogen) atoms. The van der Waals surface area contributed by atoms with Crippen molar-refractivity contribution in [2.24, 2.45) is 0 Å². The maximum atomic E-state index is 12.5. The number of carbonyl (C=O) groups is 2. The van der Waals surface area contributed by atoms with E-state index in [1.54, 1.807) is 0 Å². The first-order valence-electron chi connectivity index (χ1n) is 9.41. The first kappa shape index (κ1) is 16.8. The van der Waals surface area contributed by atoms with Crippen molar-refractivity contribution in [2.45, 2.75) is 39.2 Å². The molecular formula is C22H24N2O2. The summed E-state index contributed by atoms with van der Waals surface area (Å²) < 4.78 is 0. The van der Waals surface area contributed by atoms with Gasteiger partial charge in [0.25, 0.3) is 11.8 Å². The second-order valence-electron chi connectivity index (χ2n) is 7.28. The van der Waals surface area contributed by atoms with Crippen LogP contribution in [0.15, 0.2) is 36.4 Å². The van der Waals surface area contributed by atoms with Crippen LogP contribution in [0.4, 0.5) is 0 Å². The minimum absolute atomic E-state index is 0.000440. The van der Waals surface area contributed by atoms with Gasteiger partial charge in [-0.3, -0.25) is 9.59 Å². The van der Waals surface area contributed by atoms with E-state index in [1.165, 1.54) is 0 Å². The zero-order valence-corrected chi connectivity index (χ0v) is 15.3. The van der Waals surface area contributed by atoms with Crippen molar-refractivity contribution in [2.75, 3.05) is 13.1 Å². The number of rotatable bonds is 4. The predicted molar refractivity (Wildman–Crippen MR) is 102 cm³/mol. The third-order valence-corrected chi connectivity index (χ3v) is 5.38. The fraction of sp³-hybridized carbons (Fsp3) is 0.364. The molecule has 2 amide bonds. The molecule has 2 aromatic rings. The third-order valence-electron chi connectivity index (χ3n) is 5.38. The molecule has 1 fully saturated rings. The highest BCUT2D eigenvalue weighted by Gasteiger charge is 2.25. The lowest BCUT2D eigenvalue weighted by atomic mass is 9.91. The van der Waals surface area contributed by atoms with Crippen molar-refractivity contribution < 1.29 is 9.59 Å². The maximum absolute atomic E-state index is 12.5. The topological polar surface area (TPSA) is 49.4 Å². The summed E-state index contributed by atoms with van der Waals surface area (Å²) in [4.78, 5) is 26.7. The highest BCUT2D eigenvalue weighted by molar-refractivity contribution is 5.98. The number of benzene rings is 2. The second-order valence-corrected chi connectivity index (χ2v) is 7.28. The monoisotopic (exact) mass is 348 g/mol. The summed E-state index contributed by atoms with van der Waals surface area (Å²) in [5, 5.41) is 3.05. The molecule has 1 saturated carbocycles. The largest absolute Gasteiger partial charge is 0.349 e. The molecule has 1 aliphatic heterocycles. The minimum atomic E-state index is 0.000440. The minimum Gasteiger partial charge on any atom is -0.349 e. The molecule has 4 nitrogen and oxygen atoms in total. The van der Waals surface area contributed by atoms with E-state index < -0.39 is 0 Å². The number of carbonyl (C=O) groups excluding carboxylic acids is 2. The van der Waals surface area contributed by atoms with Gasteiger partial charge in [-0.05, 0) is 73.6 Å². The van der Waals surface area contributed by atoms with E-state index in [1.807, 2.05) is 42.2 Å². The van der Waals surface area contributed by atoms with Gasteiger partial charge >= 0.3 is 0 Å². The number of nitrogens with one attached hydrogen (secondary N) is 1. The zero-order chi connectivity index (χ0) is 18.3. The summed E-state index contributed by atoms with van der Waals surface area (Å²) in [6.45, 7) is 5.59. The molecule has 4 rings (SSSR count). The van der Waals surface area contributed by atoms with Gasteiger partial charge in [-0.2, -0.15) is 0 Å². The molecule has 1 aliphatic carbocycles. The molecule has 0 saturated heterocycles. The fourth-order valence-corrected chi connectivity index (χ4v) is 3.58. The molecule has 4 heteroatoms. The first-order chi connectivity index (χ1) is 12.6. The lowest BCUT2D eigenvalue weighted by Crippen LogP contribution is -2.37. The molecule has 0 bridgehead atoms. The van der Waals surface area contributed by atoms with Crippen LogP contribution >= 0.6 is 0 Å². The van der Waals surface area contributed by atoms with Crippen LogP contribution < -0.4 is 5.32 Å². The molecule has 134 valence electrons. The van der Waals surface area contributed by atoms with E-state index in [-0.39, 0.29) is 11.8 Å². The summed E-state index contributed by atoms with van der Waals surface area (Å²) in [5.74, 6) is 0.120. The molecule has 2 aliphatic rings. The van der Waals surface area contributed by atoms with Crippen molar-refractivity contribution >= 4 is 11.8 Å². The van der Waals surface area contributed by atoms with Crippen molar-refractivity contribution in [1.82, 2.24) is 10.2 Å². The standard InChI is InChI=1S/C22H24N2O2/c1-3-24-11-10-16-12-15(6-9-19(16)22(24)26)20-13-17(5-4-14(20)2)21(25)23-18-7-8-18/h4-6,9,12-13,18H,3,7-8,10-11H2,1-2H3,(H,23,25). The van der Waals surface area contributed by atoms with Crippen LogP contribution in [-0.4, -0.2) is 35.8 Å². The van der Waals surface area contributed by atoms with Crippen LogP contribution in [0, 0.1) is 6.92 Å². The molecule has 0 atom stereocenters. The molecule has 1 heterocycles. The van der Waals surface area contributed by atoms with Gasteiger partial charge in [0.2, 0.25) is 0 Å². The third kappa shape index (κ3) is 3.12. The van der Waals surface area contributed by atoms with E-state index in [9.17, 15) is 9.59 Å². The maximum Gasteiger partial charge on any atom is 0.254 e. The SMILES string of the molecule is CCN1CCc2cc(-c3cc(C(=O)NC4CC4)ccc3C)ccc2C1=O. The summed E-state index contributed by atoms with van der Waals surface area (Å²) in [7, 11) is 0. The molecule has 0 unspecified atom stereocenters. The van der Waals surface area contributed by atoms with Crippen molar-refractivity contribution in [3.63, 3.8) is 0 Å². The number of fused-ring (bicyclic) bond motifs is 1. The summed E-state index contributed by atoms with van der Waals surface area (Å²) in [6, 6.07) is 12.3. The molecule has 0 spiro atoms. The van der Waals surface area contributed by atoms with E-state index in [2.05, 4.69) is 18.3 Å². The van der Waals surface area contributed by atoms with E-state index in [0.717, 1.165) is 60.2 Å². The Morgan fingerprint density at radius 2 is 1.96 bits per heavy atom. The van der Waals surface area contributed by atoms with Crippen molar-refractivity contribution in [1.29, 1.82) is 0 Å². The summed E-state index contributed by atoms with van der Waals surface area (Å²) in [6.07, 6.45) is 3.04. The van der Waals surface area contributed by atoms with E-state index in [4.69, 9.17) is 0 Å². The van der Waals surface area contributed by atoms with E-state index >= 15 is 0 Å². The van der Waals surface area contributed by atoms with Crippen LogP contribution in [0.25, 0.3) is 11.1 Å². The molecular weight excluding hydrogens is 324 g/mol. The number of likely N-dealkylation sites (N-methyl/N-ethyl adjacent to an activating group) is 1. The van der Waals surface area contributed by atoms with Crippen LogP contribution in [0.1, 0.15) is 51.6 Å². The predicted octanol–water partition coefficient (Wildman–Crippen LogP) is 3.57. The Hall–Kier alpha value is -2.62. The first-order valence-corrected chi connectivity index (χ1v) is 9.41. The van der Waals surface area contributed by atoms with Crippen molar-refractivity contribution in [3.8, 4) is 11.1 Å².